The maximum Gasteiger partial charge on any atom is -0.147 e. The summed E-state index contributed by atoms with van der Waals surface area (Å²) in [6.07, 6.45) is 3.63. The minimum atomic E-state index is 0. The van der Waals surface area contributed by atoms with Crippen LogP contribution in [0.5, 0.6) is 0 Å². The molecule has 0 nitrogen and oxygen atoms in total. The summed E-state index contributed by atoms with van der Waals surface area (Å²) < 4.78 is 1.65. The summed E-state index contributed by atoms with van der Waals surface area (Å²) in [5.41, 5.74) is 3.83. The van der Waals surface area contributed by atoms with Gasteiger partial charge in [0.15, 0.2) is 0 Å². The van der Waals surface area contributed by atoms with Crippen molar-refractivity contribution in [3.8, 4) is 0 Å². The molecule has 0 fully saturated rings. The van der Waals surface area contributed by atoms with Crippen molar-refractivity contribution in [2.24, 2.45) is 10.8 Å². The van der Waals surface area contributed by atoms with E-state index in [0.29, 0.717) is 10.8 Å². The zero-order valence-electron chi connectivity index (χ0n) is 11.1. The number of hydrogen-bond acceptors (Lipinski definition) is 0. The Morgan fingerprint density at radius 2 is 1.38 bits per heavy atom. The van der Waals surface area contributed by atoms with E-state index in [4.69, 9.17) is 0 Å². The van der Waals surface area contributed by atoms with Crippen LogP contribution in [0.15, 0.2) is 20.5 Å². The average Bonchev–Trinajstić information content (AvgIpc) is 2.27. The number of rotatable bonds is 0. The van der Waals surface area contributed by atoms with Gasteiger partial charge < -0.3 is 0 Å². The van der Waals surface area contributed by atoms with Gasteiger partial charge in [0.2, 0.25) is 0 Å². The van der Waals surface area contributed by atoms with E-state index in [0.717, 1.165) is 0 Å². The second-order valence-electron chi connectivity index (χ2n) is 6.18. The Balaban J connectivity index is 0. The molecule has 0 aromatic carbocycles. The topological polar surface area (TPSA) is 0 Å². The molecule has 0 spiro atoms. The molecule has 0 saturated heterocycles. The molecule has 1 aliphatic carbocycles. The summed E-state index contributed by atoms with van der Waals surface area (Å²) in [6.45, 7) is 13.9. The van der Waals surface area contributed by atoms with Crippen molar-refractivity contribution in [1.29, 1.82) is 0 Å². The minimum Gasteiger partial charge on any atom is -0.147 e. The van der Waals surface area contributed by atoms with E-state index in [1.807, 2.05) is 0 Å². The molecule has 0 heterocycles. The Kier molecular flexibility index (Phi) is 7.49. The molecule has 0 unspecified atom stereocenters. The molecule has 0 aliphatic heterocycles. The van der Waals surface area contributed by atoms with E-state index in [9.17, 15) is 0 Å². The van der Waals surface area contributed by atoms with Gasteiger partial charge in [-0.25, -0.2) is 0 Å². The van der Waals surface area contributed by atoms with Gasteiger partial charge in [-0.2, -0.15) is 0 Å². The van der Waals surface area contributed by atoms with E-state index in [2.05, 4.69) is 47.6 Å². The molecule has 16 heavy (non-hydrogen) atoms. The van der Waals surface area contributed by atoms with Crippen molar-refractivity contribution >= 4 is 24.8 Å². The summed E-state index contributed by atoms with van der Waals surface area (Å²) in [6, 6.07) is 0. The first-order chi connectivity index (χ1) is 6.14. The molecule has 0 bridgehead atoms. The van der Waals surface area contributed by atoms with Crippen molar-refractivity contribution in [2.45, 2.75) is 48.0 Å². The van der Waals surface area contributed by atoms with Crippen LogP contribution in [0.25, 0.3) is 0 Å². The molecular formula is C13H23Cl2Zr. The quantitative estimate of drug-likeness (QED) is 0.578. The third-order valence-electron chi connectivity index (χ3n) is 2.64. The van der Waals surface area contributed by atoms with Gasteiger partial charge in [0.1, 0.15) is 0 Å². The molecule has 0 N–H and O–H groups in total. The van der Waals surface area contributed by atoms with Crippen LogP contribution in [0.4, 0.5) is 0 Å². The van der Waals surface area contributed by atoms with Crippen molar-refractivity contribution in [1.82, 2.24) is 0 Å². The molecule has 0 aromatic heterocycles. The smallest absolute Gasteiger partial charge is 0.147 e. The van der Waals surface area contributed by atoms with E-state index in [1.165, 1.54) is 6.42 Å². The molecule has 3 heteroatoms. The fourth-order valence-electron chi connectivity index (χ4n) is 2.11. The van der Waals surface area contributed by atoms with Gasteiger partial charge in [-0.1, -0.05) is 0 Å². The van der Waals surface area contributed by atoms with Gasteiger partial charge >= 0.3 is 104 Å². The molecule has 0 radical (unpaired) electrons. The first-order valence-electron chi connectivity index (χ1n) is 5.30. The SMILES string of the molecule is CC(C)(C)C1=CC[C]([Zr])=C1C(C)(C)C.Cl.Cl. The van der Waals surface area contributed by atoms with Crippen molar-refractivity contribution < 1.29 is 24.7 Å². The molecular weight excluding hydrogens is 318 g/mol. The van der Waals surface area contributed by atoms with E-state index in [-0.39, 0.29) is 24.8 Å². The van der Waals surface area contributed by atoms with Crippen molar-refractivity contribution in [3.63, 3.8) is 0 Å². The molecule has 0 amide bonds. The summed E-state index contributed by atoms with van der Waals surface area (Å²) >= 11 is 1.59. The average molecular weight is 341 g/mol. The van der Waals surface area contributed by atoms with Gasteiger partial charge in [0.05, 0.1) is 0 Å². The molecule has 0 atom stereocenters. The van der Waals surface area contributed by atoms with Crippen LogP contribution < -0.4 is 0 Å². The van der Waals surface area contributed by atoms with Crippen LogP contribution in [0.1, 0.15) is 48.0 Å². The molecule has 0 aromatic rings. The standard InChI is InChI=1S/C13H21.2ClH.Zr/c1-12(2,3)10-8-7-9-11(10)13(4,5)6;;;/h8H,7H2,1-6H3;2*1H;. The maximum absolute atomic E-state index is 2.44. The zero-order valence-corrected chi connectivity index (χ0v) is 15.2. The number of hydrogen-bond donors (Lipinski definition) is 0. The Morgan fingerprint density at radius 3 is 1.62 bits per heavy atom. The van der Waals surface area contributed by atoms with E-state index < -0.39 is 0 Å². The second kappa shape index (κ2) is 6.21. The Morgan fingerprint density at radius 1 is 0.938 bits per heavy atom. The summed E-state index contributed by atoms with van der Waals surface area (Å²) in [5, 5.41) is 0. The third-order valence-corrected chi connectivity index (χ3v) is 3.76. The number of halogens is 2. The fraction of sp³-hybridized carbons (Fsp3) is 0.692. The first-order valence-corrected chi connectivity index (χ1v) is 6.53. The predicted molar refractivity (Wildman–Crippen MR) is 73.1 cm³/mol. The van der Waals surface area contributed by atoms with Gasteiger partial charge in [-0.3, -0.25) is 0 Å². The van der Waals surface area contributed by atoms with Gasteiger partial charge in [0, 0.05) is 0 Å². The molecule has 1 aliphatic rings. The Labute approximate surface area is 128 Å². The monoisotopic (exact) mass is 339 g/mol. The van der Waals surface area contributed by atoms with Gasteiger partial charge in [0.25, 0.3) is 0 Å². The Hall–Kier alpha value is 0.943. The third kappa shape index (κ3) is 4.32. The second-order valence-corrected chi connectivity index (χ2v) is 7.66. The summed E-state index contributed by atoms with van der Waals surface area (Å²) in [4.78, 5) is 0. The molecule has 1 rings (SSSR count). The van der Waals surface area contributed by atoms with Crippen LogP contribution in [-0.4, -0.2) is 0 Å². The zero-order chi connectivity index (χ0) is 11.1. The van der Waals surface area contributed by atoms with Gasteiger partial charge in [-0.05, 0) is 0 Å². The fourth-order valence-corrected chi connectivity index (χ4v) is 3.61. The van der Waals surface area contributed by atoms with E-state index >= 15 is 0 Å². The van der Waals surface area contributed by atoms with Crippen molar-refractivity contribution in [2.75, 3.05) is 0 Å². The summed E-state index contributed by atoms with van der Waals surface area (Å²) in [5.74, 6) is 0. The first kappa shape index (κ1) is 19.3. The van der Waals surface area contributed by atoms with Crippen LogP contribution >= 0.6 is 24.8 Å². The maximum atomic E-state index is 2.44. The normalized spacial score (nSPS) is 16.4. The van der Waals surface area contributed by atoms with Crippen LogP contribution in [0.3, 0.4) is 0 Å². The minimum absolute atomic E-state index is 0. The van der Waals surface area contributed by atoms with Crippen LogP contribution in [0, 0.1) is 10.8 Å². The largest absolute Gasteiger partial charge is 0.147 e. The molecule has 93 valence electrons. The number of allylic oxidation sites excluding steroid dienone is 4. The Bertz CT molecular complexity index is 301. The van der Waals surface area contributed by atoms with Crippen molar-refractivity contribution in [3.05, 3.63) is 20.5 Å². The van der Waals surface area contributed by atoms with Gasteiger partial charge in [-0.15, -0.1) is 24.8 Å². The predicted octanol–water partition coefficient (Wildman–Crippen LogP) is 5.05. The van der Waals surface area contributed by atoms with E-state index in [1.54, 1.807) is 39.1 Å². The molecule has 0 saturated carbocycles. The van der Waals surface area contributed by atoms with Crippen LogP contribution in [0.2, 0.25) is 0 Å². The summed E-state index contributed by atoms with van der Waals surface area (Å²) in [7, 11) is 0. The van der Waals surface area contributed by atoms with Crippen LogP contribution in [-0.2, 0) is 24.7 Å².